The first-order chi connectivity index (χ1) is 19.5. The highest BCUT2D eigenvalue weighted by Gasteiger charge is 2.33. The monoisotopic (exact) mass is 569 g/mol. The normalized spacial score (nSPS) is 14.8. The molecule has 9 N–H and O–H groups in total. The van der Waals surface area contributed by atoms with E-state index in [0.29, 0.717) is 17.7 Å². The Kier molecular flexibility index (Phi) is 10.6. The van der Waals surface area contributed by atoms with E-state index in [4.69, 9.17) is 5.73 Å². The number of amides is 3. The van der Waals surface area contributed by atoms with Gasteiger partial charge in [0, 0.05) is 41.8 Å². The molecule has 3 rings (SSSR count). The molecule has 5 unspecified atom stereocenters. The van der Waals surface area contributed by atoms with Crippen LogP contribution in [0.2, 0.25) is 0 Å². The van der Waals surface area contributed by atoms with Gasteiger partial charge >= 0.3 is 11.9 Å². The summed E-state index contributed by atoms with van der Waals surface area (Å²) in [5.74, 6) is -5.53. The van der Waals surface area contributed by atoms with Crippen molar-refractivity contribution in [3.63, 3.8) is 0 Å². The summed E-state index contributed by atoms with van der Waals surface area (Å²) in [6, 6.07) is 2.10. The zero-order valence-corrected chi connectivity index (χ0v) is 22.7. The summed E-state index contributed by atoms with van der Waals surface area (Å²) in [7, 11) is 0. The number of carbonyl (C=O) groups excluding carboxylic acids is 3. The number of benzene rings is 1. The van der Waals surface area contributed by atoms with Gasteiger partial charge < -0.3 is 41.9 Å². The number of nitrogens with zero attached hydrogens (tertiary/aromatic N) is 1. The smallest absolute Gasteiger partial charge is 0.326 e. The van der Waals surface area contributed by atoms with Crippen LogP contribution in [-0.2, 0) is 36.8 Å². The lowest BCUT2D eigenvalue weighted by molar-refractivity contribution is -0.143. The molecule has 3 amide bonds. The molecule has 14 heteroatoms. The van der Waals surface area contributed by atoms with Crippen molar-refractivity contribution in [1.29, 1.82) is 0 Å². The third kappa shape index (κ3) is 8.38. The summed E-state index contributed by atoms with van der Waals surface area (Å²) in [6.07, 6.45) is 4.31. The molecule has 2 heterocycles. The van der Waals surface area contributed by atoms with E-state index in [-0.39, 0.29) is 12.8 Å². The van der Waals surface area contributed by atoms with Crippen molar-refractivity contribution in [3.05, 3.63) is 54.2 Å². The van der Waals surface area contributed by atoms with Crippen molar-refractivity contribution in [2.24, 2.45) is 11.7 Å². The van der Waals surface area contributed by atoms with Gasteiger partial charge in [-0.3, -0.25) is 19.2 Å². The van der Waals surface area contributed by atoms with E-state index in [2.05, 4.69) is 30.9 Å². The second-order valence-corrected chi connectivity index (χ2v) is 9.88. The zero-order chi connectivity index (χ0) is 30.1. The van der Waals surface area contributed by atoms with E-state index >= 15 is 0 Å². The van der Waals surface area contributed by atoms with Crippen LogP contribution in [0.3, 0.4) is 0 Å². The molecule has 220 valence electrons. The Morgan fingerprint density at radius 1 is 0.951 bits per heavy atom. The maximum absolute atomic E-state index is 13.3. The number of aromatic nitrogens is 3. The highest BCUT2D eigenvalue weighted by atomic mass is 16.4. The molecule has 0 saturated carbocycles. The molecule has 0 aliphatic rings. The Hall–Kier alpha value is -4.72. The number of rotatable bonds is 15. The van der Waals surface area contributed by atoms with Gasteiger partial charge in [-0.2, -0.15) is 0 Å². The van der Waals surface area contributed by atoms with Gasteiger partial charge in [-0.1, -0.05) is 38.5 Å². The fourth-order valence-corrected chi connectivity index (χ4v) is 4.33. The SMILES string of the molecule is CCC(C)C(NC(=O)C(N)Cc1cnc[nH]1)C(=O)NC(CC(=O)O)C(=O)NC(Cc1c[nH]c2ccccc12)C(=O)O. The van der Waals surface area contributed by atoms with Gasteiger partial charge in [0.1, 0.15) is 18.1 Å². The number of para-hydroxylation sites is 1. The van der Waals surface area contributed by atoms with E-state index in [1.54, 1.807) is 32.2 Å². The minimum atomic E-state index is -1.60. The molecule has 0 saturated heterocycles. The van der Waals surface area contributed by atoms with Crippen LogP contribution in [0.5, 0.6) is 0 Å². The van der Waals surface area contributed by atoms with Crippen molar-refractivity contribution in [1.82, 2.24) is 30.9 Å². The average molecular weight is 570 g/mol. The van der Waals surface area contributed by atoms with Crippen LogP contribution in [-0.4, -0.2) is 79.0 Å². The van der Waals surface area contributed by atoms with Crippen LogP contribution in [0.15, 0.2) is 43.0 Å². The number of imidazole rings is 1. The van der Waals surface area contributed by atoms with E-state index in [0.717, 1.165) is 10.9 Å². The van der Waals surface area contributed by atoms with Crippen LogP contribution >= 0.6 is 0 Å². The van der Waals surface area contributed by atoms with Crippen molar-refractivity contribution in [2.45, 2.75) is 63.7 Å². The van der Waals surface area contributed by atoms with Crippen molar-refractivity contribution in [2.75, 3.05) is 0 Å². The highest BCUT2D eigenvalue weighted by Crippen LogP contribution is 2.19. The van der Waals surface area contributed by atoms with Crippen molar-refractivity contribution in [3.8, 4) is 0 Å². The molecule has 0 radical (unpaired) electrons. The van der Waals surface area contributed by atoms with E-state index in [9.17, 15) is 34.2 Å². The van der Waals surface area contributed by atoms with E-state index < -0.39 is 66.2 Å². The lowest BCUT2D eigenvalue weighted by Crippen LogP contribution is -2.59. The Balaban J connectivity index is 1.72. The fourth-order valence-electron chi connectivity index (χ4n) is 4.33. The molecule has 1 aromatic carbocycles. The minimum absolute atomic E-state index is 0.0847. The van der Waals surface area contributed by atoms with Gasteiger partial charge in [-0.25, -0.2) is 9.78 Å². The summed E-state index contributed by atoms with van der Waals surface area (Å²) in [4.78, 5) is 72.5. The van der Waals surface area contributed by atoms with Crippen LogP contribution < -0.4 is 21.7 Å². The minimum Gasteiger partial charge on any atom is -0.481 e. The lowest BCUT2D eigenvalue weighted by atomic mass is 9.97. The lowest BCUT2D eigenvalue weighted by Gasteiger charge is -2.27. The molecule has 2 aromatic heterocycles. The molecule has 0 fully saturated rings. The maximum atomic E-state index is 13.3. The number of nitrogens with one attached hydrogen (secondary N) is 5. The number of nitrogens with two attached hydrogens (primary N) is 1. The first-order valence-electron chi connectivity index (χ1n) is 13.1. The van der Waals surface area contributed by atoms with Gasteiger partial charge in [-0.05, 0) is 17.5 Å². The number of hydrogen-bond donors (Lipinski definition) is 8. The van der Waals surface area contributed by atoms with E-state index in [1.165, 1.54) is 12.5 Å². The van der Waals surface area contributed by atoms with Gasteiger partial charge in [0.15, 0.2) is 0 Å². The van der Waals surface area contributed by atoms with Gasteiger partial charge in [0.2, 0.25) is 17.7 Å². The highest BCUT2D eigenvalue weighted by molar-refractivity contribution is 5.96. The third-order valence-electron chi connectivity index (χ3n) is 6.85. The molecule has 0 spiro atoms. The molecule has 0 bridgehead atoms. The molecule has 0 aliphatic carbocycles. The zero-order valence-electron chi connectivity index (χ0n) is 22.7. The van der Waals surface area contributed by atoms with E-state index in [1.807, 2.05) is 12.1 Å². The van der Waals surface area contributed by atoms with Gasteiger partial charge in [0.05, 0.1) is 18.8 Å². The summed E-state index contributed by atoms with van der Waals surface area (Å²) >= 11 is 0. The number of carbonyl (C=O) groups is 5. The van der Waals surface area contributed by atoms with Crippen LogP contribution in [0.25, 0.3) is 10.9 Å². The first-order valence-corrected chi connectivity index (χ1v) is 13.1. The Labute approximate surface area is 235 Å². The quantitative estimate of drug-likeness (QED) is 0.123. The van der Waals surface area contributed by atoms with Crippen molar-refractivity contribution < 1.29 is 34.2 Å². The second kappa shape index (κ2) is 14.1. The van der Waals surface area contributed by atoms with Crippen LogP contribution in [0, 0.1) is 5.92 Å². The van der Waals surface area contributed by atoms with Gasteiger partial charge in [-0.15, -0.1) is 0 Å². The summed E-state index contributed by atoms with van der Waals surface area (Å²) in [6.45, 7) is 3.50. The first kappa shape index (κ1) is 30.8. The Bertz CT molecular complexity index is 1370. The molecular formula is C27H35N7O7. The average Bonchev–Trinajstić information content (AvgIpc) is 3.60. The third-order valence-corrected chi connectivity index (χ3v) is 6.85. The largest absolute Gasteiger partial charge is 0.481 e. The molecule has 41 heavy (non-hydrogen) atoms. The van der Waals surface area contributed by atoms with Gasteiger partial charge in [0.25, 0.3) is 0 Å². The topological polar surface area (TPSA) is 232 Å². The van der Waals surface area contributed by atoms with Crippen LogP contribution in [0.4, 0.5) is 0 Å². The molecule has 0 aliphatic heterocycles. The number of fused-ring (bicyclic) bond motifs is 1. The predicted octanol–water partition coefficient (Wildman–Crippen LogP) is 0.0633. The number of hydrogen-bond acceptors (Lipinski definition) is 7. The van der Waals surface area contributed by atoms with Crippen molar-refractivity contribution >= 4 is 40.6 Å². The second-order valence-electron chi connectivity index (χ2n) is 9.88. The van der Waals surface area contributed by atoms with Crippen LogP contribution in [0.1, 0.15) is 37.9 Å². The summed E-state index contributed by atoms with van der Waals surface area (Å²) in [5, 5.41) is 27.3. The number of carboxylic acid groups (broad SMARTS) is 2. The number of aliphatic carboxylic acids is 2. The number of carboxylic acids is 2. The fraction of sp³-hybridized carbons (Fsp3) is 0.407. The molecule has 3 aromatic rings. The Morgan fingerprint density at radius 2 is 1.66 bits per heavy atom. The standard InChI is InChI=1S/C27H35N7O7/c1-3-14(2)23(34-24(37)18(28)9-16-12-29-13-31-16)26(39)32-20(10-22(35)36)25(38)33-21(27(40)41)8-15-11-30-19-7-5-4-6-17(15)19/h4-7,11-14,18,20-21,23,30H,3,8-10,28H2,1-2H3,(H,29,31)(H,32,39)(H,33,38)(H,34,37)(H,35,36)(H,40,41). The summed E-state index contributed by atoms with van der Waals surface area (Å²) in [5.41, 5.74) is 8.04. The molecular weight excluding hydrogens is 534 g/mol. The molecule has 5 atom stereocenters. The molecule has 14 nitrogen and oxygen atoms in total. The number of aromatic amines is 2. The number of H-pyrrole nitrogens is 2. The Morgan fingerprint density at radius 3 is 2.29 bits per heavy atom. The maximum Gasteiger partial charge on any atom is 0.326 e. The predicted molar refractivity (Wildman–Crippen MR) is 147 cm³/mol. The summed E-state index contributed by atoms with van der Waals surface area (Å²) < 4.78 is 0.